The summed E-state index contributed by atoms with van der Waals surface area (Å²) < 4.78 is 4.83. The Hall–Kier alpha value is -2.24. The second-order valence-electron chi connectivity index (χ2n) is 4.04. The molecule has 6 nitrogen and oxygen atoms in total. The maximum Gasteiger partial charge on any atom is 0.316 e. The van der Waals surface area contributed by atoms with Gasteiger partial charge in [0.1, 0.15) is 11.7 Å². The van der Waals surface area contributed by atoms with Gasteiger partial charge in [0, 0.05) is 12.1 Å². The first-order chi connectivity index (χ1) is 8.95. The lowest BCUT2D eigenvalue weighted by molar-refractivity contribution is -0.384. The highest BCUT2D eigenvalue weighted by Gasteiger charge is 2.25. The molecule has 0 aliphatic rings. The number of rotatable bonds is 6. The molecule has 0 amide bonds. The third kappa shape index (κ3) is 4.17. The van der Waals surface area contributed by atoms with Crippen LogP contribution in [0.5, 0.6) is 0 Å². The summed E-state index contributed by atoms with van der Waals surface area (Å²) in [6, 6.07) is 5.76. The molecule has 0 aromatic heterocycles. The fraction of sp³-hybridized carbons (Fsp3) is 0.385. The average Bonchev–Trinajstić information content (AvgIpc) is 2.36. The maximum atomic E-state index is 11.6. The molecule has 0 N–H and O–H groups in total. The van der Waals surface area contributed by atoms with Crippen LogP contribution in [-0.4, -0.2) is 23.3 Å². The number of carbonyl (C=O) groups is 2. The molecular formula is C13H15NO5. The minimum Gasteiger partial charge on any atom is -0.465 e. The summed E-state index contributed by atoms with van der Waals surface area (Å²) in [5.41, 5.74) is 0.651. The van der Waals surface area contributed by atoms with Gasteiger partial charge in [0.25, 0.3) is 5.69 Å². The maximum absolute atomic E-state index is 11.6. The van der Waals surface area contributed by atoms with E-state index >= 15 is 0 Å². The highest BCUT2D eigenvalue weighted by molar-refractivity contribution is 5.98. The predicted octanol–water partition coefficient (Wildman–Crippen LogP) is 1.91. The van der Waals surface area contributed by atoms with Crippen molar-refractivity contribution in [3.05, 3.63) is 39.9 Å². The van der Waals surface area contributed by atoms with Crippen molar-refractivity contribution in [3.63, 3.8) is 0 Å². The second kappa shape index (κ2) is 6.63. The van der Waals surface area contributed by atoms with Gasteiger partial charge >= 0.3 is 5.97 Å². The van der Waals surface area contributed by atoms with Crippen LogP contribution in [0.1, 0.15) is 19.4 Å². The molecule has 0 heterocycles. The Morgan fingerprint density at radius 3 is 2.32 bits per heavy atom. The van der Waals surface area contributed by atoms with Gasteiger partial charge in [0.2, 0.25) is 0 Å². The van der Waals surface area contributed by atoms with Crippen LogP contribution in [0, 0.1) is 16.0 Å². The number of nitrogens with zero attached hydrogens (tertiary/aromatic N) is 1. The van der Waals surface area contributed by atoms with Gasteiger partial charge in [0.15, 0.2) is 0 Å². The van der Waals surface area contributed by atoms with E-state index in [9.17, 15) is 19.7 Å². The number of hydrogen-bond acceptors (Lipinski definition) is 5. The molecule has 0 fully saturated rings. The van der Waals surface area contributed by atoms with Crippen molar-refractivity contribution in [1.82, 2.24) is 0 Å². The normalized spacial score (nSPS) is 11.7. The van der Waals surface area contributed by atoms with Gasteiger partial charge in [-0.15, -0.1) is 0 Å². The van der Waals surface area contributed by atoms with Crippen LogP contribution < -0.4 is 0 Å². The summed E-state index contributed by atoms with van der Waals surface area (Å²) in [5.74, 6) is -1.70. The number of non-ortho nitro benzene ring substituents is 1. The Morgan fingerprint density at radius 2 is 1.89 bits per heavy atom. The van der Waals surface area contributed by atoms with Crippen LogP contribution in [0.2, 0.25) is 0 Å². The lowest BCUT2D eigenvalue weighted by Crippen LogP contribution is -2.26. The number of nitro benzene ring substituents is 1. The first-order valence-electron chi connectivity index (χ1n) is 5.86. The molecule has 0 unspecified atom stereocenters. The van der Waals surface area contributed by atoms with E-state index in [1.165, 1.54) is 31.2 Å². The Kier molecular flexibility index (Phi) is 5.17. The van der Waals surface area contributed by atoms with Crippen LogP contribution in [0.4, 0.5) is 5.69 Å². The molecule has 0 radical (unpaired) electrons. The van der Waals surface area contributed by atoms with E-state index in [4.69, 9.17) is 4.74 Å². The molecule has 19 heavy (non-hydrogen) atoms. The zero-order chi connectivity index (χ0) is 14.4. The summed E-state index contributed by atoms with van der Waals surface area (Å²) in [6.07, 6.45) is 0.187. The fourth-order valence-corrected chi connectivity index (χ4v) is 1.63. The minimum atomic E-state index is -0.860. The Morgan fingerprint density at radius 1 is 1.32 bits per heavy atom. The van der Waals surface area contributed by atoms with Crippen molar-refractivity contribution in [2.24, 2.45) is 5.92 Å². The monoisotopic (exact) mass is 265 g/mol. The zero-order valence-electron chi connectivity index (χ0n) is 10.8. The number of esters is 1. The molecule has 102 valence electrons. The fourth-order valence-electron chi connectivity index (χ4n) is 1.63. The second-order valence-corrected chi connectivity index (χ2v) is 4.04. The smallest absolute Gasteiger partial charge is 0.316 e. The molecule has 0 aliphatic heterocycles. The van der Waals surface area contributed by atoms with E-state index in [1.807, 2.05) is 0 Å². The Balaban J connectivity index is 2.82. The van der Waals surface area contributed by atoms with Crippen molar-refractivity contribution in [2.75, 3.05) is 6.61 Å². The summed E-state index contributed by atoms with van der Waals surface area (Å²) in [5, 5.41) is 10.5. The quantitative estimate of drug-likeness (QED) is 0.339. The number of carbonyl (C=O) groups excluding carboxylic acids is 2. The van der Waals surface area contributed by atoms with E-state index in [0.717, 1.165) is 0 Å². The van der Waals surface area contributed by atoms with Crippen molar-refractivity contribution in [2.45, 2.75) is 20.3 Å². The van der Waals surface area contributed by atoms with Crippen molar-refractivity contribution >= 4 is 17.4 Å². The van der Waals surface area contributed by atoms with E-state index in [0.29, 0.717) is 5.56 Å². The molecule has 1 aromatic rings. The van der Waals surface area contributed by atoms with Crippen LogP contribution in [0.25, 0.3) is 0 Å². The topological polar surface area (TPSA) is 86.5 Å². The van der Waals surface area contributed by atoms with Crippen molar-refractivity contribution in [3.8, 4) is 0 Å². The Labute approximate surface area is 110 Å². The molecule has 0 aliphatic carbocycles. The van der Waals surface area contributed by atoms with E-state index in [2.05, 4.69) is 0 Å². The highest BCUT2D eigenvalue weighted by Crippen LogP contribution is 2.16. The average molecular weight is 265 g/mol. The summed E-state index contributed by atoms with van der Waals surface area (Å²) in [6.45, 7) is 3.21. The van der Waals surface area contributed by atoms with Gasteiger partial charge in [-0.2, -0.15) is 0 Å². The van der Waals surface area contributed by atoms with Gasteiger partial charge in [0.05, 0.1) is 11.5 Å². The number of ketones is 1. The molecular weight excluding hydrogens is 250 g/mol. The number of ether oxygens (including phenoxy) is 1. The molecule has 0 saturated heterocycles. The van der Waals surface area contributed by atoms with Gasteiger partial charge in [-0.05, 0) is 25.8 Å². The van der Waals surface area contributed by atoms with Crippen molar-refractivity contribution < 1.29 is 19.2 Å². The predicted molar refractivity (Wildman–Crippen MR) is 67.6 cm³/mol. The molecule has 1 aromatic carbocycles. The van der Waals surface area contributed by atoms with Gasteiger partial charge in [-0.3, -0.25) is 19.7 Å². The lowest BCUT2D eigenvalue weighted by atomic mass is 9.96. The van der Waals surface area contributed by atoms with Gasteiger partial charge in [-0.1, -0.05) is 12.1 Å². The van der Waals surface area contributed by atoms with E-state index in [-0.39, 0.29) is 24.5 Å². The summed E-state index contributed by atoms with van der Waals surface area (Å²) in [4.78, 5) is 33.1. The van der Waals surface area contributed by atoms with Crippen LogP contribution in [-0.2, 0) is 20.7 Å². The SMILES string of the molecule is CCOC(=O)[C@H](Cc1ccc([N+](=O)[O-])cc1)C(C)=O. The molecule has 0 bridgehead atoms. The van der Waals surface area contributed by atoms with E-state index in [1.54, 1.807) is 6.92 Å². The first kappa shape index (κ1) is 14.8. The molecule has 6 heteroatoms. The zero-order valence-corrected chi connectivity index (χ0v) is 10.8. The third-order valence-electron chi connectivity index (χ3n) is 2.65. The summed E-state index contributed by atoms with van der Waals surface area (Å²) >= 11 is 0. The van der Waals surface area contributed by atoms with Gasteiger partial charge in [-0.25, -0.2) is 0 Å². The standard InChI is InChI=1S/C13H15NO5/c1-3-19-13(16)12(9(2)15)8-10-4-6-11(7-5-10)14(17)18/h4-7,12H,3,8H2,1-2H3/t12-/m1/s1. The lowest BCUT2D eigenvalue weighted by Gasteiger charge is -2.12. The van der Waals surface area contributed by atoms with Crippen LogP contribution in [0.3, 0.4) is 0 Å². The largest absolute Gasteiger partial charge is 0.465 e. The molecule has 1 atom stereocenters. The van der Waals surface area contributed by atoms with Crippen LogP contribution >= 0.6 is 0 Å². The summed E-state index contributed by atoms with van der Waals surface area (Å²) in [7, 11) is 0. The number of benzene rings is 1. The molecule has 0 saturated carbocycles. The van der Waals surface area contributed by atoms with Crippen LogP contribution in [0.15, 0.2) is 24.3 Å². The van der Waals surface area contributed by atoms with Gasteiger partial charge < -0.3 is 4.74 Å². The minimum absolute atomic E-state index is 0.0285. The third-order valence-corrected chi connectivity index (χ3v) is 2.65. The highest BCUT2D eigenvalue weighted by atomic mass is 16.6. The number of Topliss-reactive ketones (excluding diaryl/α,β-unsaturated/α-hetero) is 1. The van der Waals surface area contributed by atoms with Crippen molar-refractivity contribution in [1.29, 1.82) is 0 Å². The first-order valence-corrected chi connectivity index (χ1v) is 5.86. The molecule has 1 rings (SSSR count). The number of hydrogen-bond donors (Lipinski definition) is 0. The van der Waals surface area contributed by atoms with E-state index < -0.39 is 16.8 Å². The number of nitro groups is 1. The Bertz CT molecular complexity index is 480. The molecule has 0 spiro atoms.